The van der Waals surface area contributed by atoms with Gasteiger partial charge in [-0.15, -0.1) is 0 Å². The minimum atomic E-state index is -0.0328. The van der Waals surface area contributed by atoms with Crippen LogP contribution < -0.4 is 10.2 Å². The molecule has 2 rings (SSSR count). The second-order valence-corrected chi connectivity index (χ2v) is 6.44. The molecule has 5 nitrogen and oxygen atoms in total. The number of carbonyl (C=O) groups excluding carboxylic acids is 2. The summed E-state index contributed by atoms with van der Waals surface area (Å²) in [5, 5.41) is 3.42. The molecule has 0 aliphatic carbocycles. The minimum absolute atomic E-state index is 0.0328. The highest BCUT2D eigenvalue weighted by atomic mass is 35.5. The summed E-state index contributed by atoms with van der Waals surface area (Å²) in [6.07, 6.45) is 0.436. The quantitative estimate of drug-likeness (QED) is 0.919. The molecule has 1 aliphatic rings. The molecular formula is C17H24ClN3O2. The second-order valence-electron chi connectivity index (χ2n) is 6.03. The van der Waals surface area contributed by atoms with Gasteiger partial charge >= 0.3 is 0 Å². The highest BCUT2D eigenvalue weighted by molar-refractivity contribution is 6.33. The van der Waals surface area contributed by atoms with E-state index in [1.165, 1.54) is 0 Å². The van der Waals surface area contributed by atoms with Crippen molar-refractivity contribution in [2.45, 2.75) is 27.2 Å². The predicted octanol–water partition coefficient (Wildman–Crippen LogP) is 2.99. The summed E-state index contributed by atoms with van der Waals surface area (Å²) >= 11 is 6.37. The Kier molecular flexibility index (Phi) is 5.88. The molecule has 126 valence electrons. The summed E-state index contributed by atoms with van der Waals surface area (Å²) in [5.74, 6) is 0.203. The van der Waals surface area contributed by atoms with Crippen molar-refractivity contribution in [3.8, 4) is 0 Å². The Bertz CT molecular complexity index is 581. The first-order chi connectivity index (χ1) is 10.9. The molecule has 1 heterocycles. The maximum atomic E-state index is 12.0. The van der Waals surface area contributed by atoms with Crippen LogP contribution in [0.15, 0.2) is 18.2 Å². The van der Waals surface area contributed by atoms with Gasteiger partial charge in [-0.1, -0.05) is 32.4 Å². The van der Waals surface area contributed by atoms with Crippen LogP contribution in [0.25, 0.3) is 0 Å². The first kappa shape index (κ1) is 17.6. The number of amides is 2. The lowest BCUT2D eigenvalue weighted by Crippen LogP contribution is -2.50. The fourth-order valence-corrected chi connectivity index (χ4v) is 2.92. The molecule has 0 radical (unpaired) electrons. The van der Waals surface area contributed by atoms with Crippen LogP contribution in [0, 0.1) is 5.92 Å². The highest BCUT2D eigenvalue weighted by Crippen LogP contribution is 2.29. The zero-order valence-electron chi connectivity index (χ0n) is 13.9. The number of hydrogen-bond donors (Lipinski definition) is 1. The van der Waals surface area contributed by atoms with E-state index in [4.69, 9.17) is 11.6 Å². The van der Waals surface area contributed by atoms with Gasteiger partial charge in [-0.25, -0.2) is 0 Å². The van der Waals surface area contributed by atoms with E-state index in [-0.39, 0.29) is 17.7 Å². The molecule has 1 fully saturated rings. The summed E-state index contributed by atoms with van der Waals surface area (Å²) in [5.41, 5.74) is 1.65. The molecule has 1 aromatic rings. The molecule has 1 aliphatic heterocycles. The number of halogens is 1. The first-order valence-electron chi connectivity index (χ1n) is 8.05. The van der Waals surface area contributed by atoms with E-state index in [1.54, 1.807) is 6.07 Å². The smallest absolute Gasteiger partial charge is 0.225 e. The maximum absolute atomic E-state index is 12.0. The van der Waals surface area contributed by atoms with E-state index in [0.29, 0.717) is 30.2 Å². The van der Waals surface area contributed by atoms with E-state index >= 15 is 0 Å². The number of benzene rings is 1. The highest BCUT2D eigenvalue weighted by Gasteiger charge is 2.23. The van der Waals surface area contributed by atoms with Crippen molar-refractivity contribution >= 4 is 34.8 Å². The van der Waals surface area contributed by atoms with Crippen LogP contribution in [-0.4, -0.2) is 42.9 Å². The molecule has 23 heavy (non-hydrogen) atoms. The van der Waals surface area contributed by atoms with Crippen molar-refractivity contribution in [2.24, 2.45) is 5.92 Å². The number of carbonyl (C=O) groups is 2. The fraction of sp³-hybridized carbons (Fsp3) is 0.529. The Morgan fingerprint density at radius 1 is 1.22 bits per heavy atom. The van der Waals surface area contributed by atoms with Gasteiger partial charge in [0.05, 0.1) is 10.7 Å². The fourth-order valence-electron chi connectivity index (χ4n) is 2.62. The topological polar surface area (TPSA) is 52.7 Å². The zero-order valence-corrected chi connectivity index (χ0v) is 14.7. The van der Waals surface area contributed by atoms with Gasteiger partial charge in [-0.2, -0.15) is 0 Å². The van der Waals surface area contributed by atoms with Gasteiger partial charge in [0, 0.05) is 44.2 Å². The lowest BCUT2D eigenvalue weighted by atomic mass is 10.1. The molecule has 0 saturated carbocycles. The van der Waals surface area contributed by atoms with E-state index in [9.17, 15) is 9.59 Å². The largest absolute Gasteiger partial charge is 0.367 e. The lowest BCUT2D eigenvalue weighted by molar-refractivity contribution is -0.134. The number of anilines is 2. The number of nitrogens with one attached hydrogen (secondary N) is 1. The summed E-state index contributed by atoms with van der Waals surface area (Å²) in [4.78, 5) is 27.5. The summed E-state index contributed by atoms with van der Waals surface area (Å²) in [6.45, 7) is 8.61. The average Bonchev–Trinajstić information content (AvgIpc) is 2.54. The van der Waals surface area contributed by atoms with E-state index < -0.39 is 0 Å². The van der Waals surface area contributed by atoms with Gasteiger partial charge in [0.2, 0.25) is 11.8 Å². The molecule has 0 atom stereocenters. The van der Waals surface area contributed by atoms with Crippen molar-refractivity contribution in [3.05, 3.63) is 23.2 Å². The van der Waals surface area contributed by atoms with Gasteiger partial charge in [-0.3, -0.25) is 9.59 Å². The van der Waals surface area contributed by atoms with Crippen LogP contribution in [0.3, 0.4) is 0 Å². The van der Waals surface area contributed by atoms with Crippen LogP contribution >= 0.6 is 11.6 Å². The first-order valence-corrected chi connectivity index (χ1v) is 8.43. The Labute approximate surface area is 142 Å². The standard InChI is InChI=1S/C17H24ClN3O2/c1-4-16(22)19-13-5-6-15(14(18)11-13)20-7-9-21(10-8-20)17(23)12(2)3/h5-6,11-12H,4,7-10H2,1-3H3,(H,19,22). The van der Waals surface area contributed by atoms with Crippen LogP contribution in [0.1, 0.15) is 27.2 Å². The Morgan fingerprint density at radius 2 is 1.87 bits per heavy atom. The van der Waals surface area contributed by atoms with Crippen molar-refractivity contribution in [1.29, 1.82) is 0 Å². The van der Waals surface area contributed by atoms with Crippen LogP contribution in [-0.2, 0) is 9.59 Å². The maximum Gasteiger partial charge on any atom is 0.225 e. The second kappa shape index (κ2) is 7.68. The van der Waals surface area contributed by atoms with E-state index in [1.807, 2.05) is 37.8 Å². The van der Waals surface area contributed by atoms with Crippen LogP contribution in [0.4, 0.5) is 11.4 Å². The molecule has 0 aromatic heterocycles. The number of nitrogens with zero attached hydrogens (tertiary/aromatic N) is 2. The predicted molar refractivity (Wildman–Crippen MR) is 94.0 cm³/mol. The number of rotatable bonds is 4. The monoisotopic (exact) mass is 337 g/mol. The normalized spacial score (nSPS) is 15.0. The number of piperazine rings is 1. The third kappa shape index (κ3) is 4.38. The van der Waals surface area contributed by atoms with Gasteiger partial charge in [0.25, 0.3) is 0 Å². The average molecular weight is 338 g/mol. The van der Waals surface area contributed by atoms with Crippen molar-refractivity contribution in [1.82, 2.24) is 4.90 Å². The van der Waals surface area contributed by atoms with Crippen LogP contribution in [0.5, 0.6) is 0 Å². The van der Waals surface area contributed by atoms with Crippen molar-refractivity contribution in [2.75, 3.05) is 36.4 Å². The summed E-state index contributed by atoms with van der Waals surface area (Å²) < 4.78 is 0. The summed E-state index contributed by atoms with van der Waals surface area (Å²) in [7, 11) is 0. The van der Waals surface area contributed by atoms with Gasteiger partial charge < -0.3 is 15.1 Å². The minimum Gasteiger partial charge on any atom is -0.367 e. The molecule has 1 N–H and O–H groups in total. The number of hydrogen-bond acceptors (Lipinski definition) is 3. The molecular weight excluding hydrogens is 314 g/mol. The molecule has 1 saturated heterocycles. The van der Waals surface area contributed by atoms with Crippen molar-refractivity contribution in [3.63, 3.8) is 0 Å². The molecule has 0 bridgehead atoms. The van der Waals surface area contributed by atoms with E-state index in [2.05, 4.69) is 10.2 Å². The van der Waals surface area contributed by atoms with Crippen LogP contribution in [0.2, 0.25) is 5.02 Å². The molecule has 6 heteroatoms. The zero-order chi connectivity index (χ0) is 17.0. The van der Waals surface area contributed by atoms with Gasteiger partial charge in [-0.05, 0) is 18.2 Å². The van der Waals surface area contributed by atoms with Gasteiger partial charge in [0.15, 0.2) is 0 Å². The Balaban J connectivity index is 2.01. The lowest BCUT2D eigenvalue weighted by Gasteiger charge is -2.37. The third-order valence-corrected chi connectivity index (χ3v) is 4.28. The Hall–Kier alpha value is -1.75. The molecule has 2 amide bonds. The molecule has 0 spiro atoms. The SMILES string of the molecule is CCC(=O)Nc1ccc(N2CCN(C(=O)C(C)C)CC2)c(Cl)c1. The molecule has 0 unspecified atom stereocenters. The third-order valence-electron chi connectivity index (χ3n) is 3.98. The Morgan fingerprint density at radius 3 is 2.39 bits per heavy atom. The van der Waals surface area contributed by atoms with E-state index in [0.717, 1.165) is 18.8 Å². The van der Waals surface area contributed by atoms with Gasteiger partial charge in [0.1, 0.15) is 0 Å². The summed E-state index contributed by atoms with van der Waals surface area (Å²) in [6, 6.07) is 5.56. The molecule has 1 aromatic carbocycles. The van der Waals surface area contributed by atoms with Crippen molar-refractivity contribution < 1.29 is 9.59 Å².